The average molecular weight is 374 g/mol. The molecule has 0 bridgehead atoms. The Kier molecular flexibility index (Phi) is 9.05. The predicted octanol–water partition coefficient (Wildman–Crippen LogP) is 5.99. The van der Waals surface area contributed by atoms with Gasteiger partial charge in [-0.05, 0) is 43.7 Å². The summed E-state index contributed by atoms with van der Waals surface area (Å²) >= 11 is 0. The van der Waals surface area contributed by atoms with Gasteiger partial charge in [0.2, 0.25) is 0 Å². The zero-order valence-corrected chi connectivity index (χ0v) is 17.6. The Hall–Kier alpha value is -1.62. The van der Waals surface area contributed by atoms with Gasteiger partial charge in [0.25, 0.3) is 0 Å². The minimum absolute atomic E-state index is 0.401. The van der Waals surface area contributed by atoms with E-state index in [1.165, 1.54) is 44.9 Å². The maximum Gasteiger partial charge on any atom is 0.158 e. The second-order valence-corrected chi connectivity index (χ2v) is 8.18. The highest BCUT2D eigenvalue weighted by Gasteiger charge is 2.25. The zero-order valence-electron chi connectivity index (χ0n) is 17.6. The van der Waals surface area contributed by atoms with E-state index in [1.54, 1.807) is 6.20 Å². The summed E-state index contributed by atoms with van der Waals surface area (Å²) in [6.45, 7) is 6.87. The first-order chi connectivity index (χ1) is 13.1. The number of anilines is 1. The van der Waals surface area contributed by atoms with Crippen LogP contribution in [0.1, 0.15) is 91.4 Å². The second kappa shape index (κ2) is 11.3. The van der Waals surface area contributed by atoms with Gasteiger partial charge in [0.05, 0.1) is 11.0 Å². The Morgan fingerprint density at radius 3 is 2.56 bits per heavy atom. The first kappa shape index (κ1) is 21.7. The van der Waals surface area contributed by atoms with Gasteiger partial charge in [-0.3, -0.25) is 5.10 Å². The molecule has 5 heteroatoms. The topological polar surface area (TPSA) is 79.6 Å². The molecule has 2 rings (SSSR count). The van der Waals surface area contributed by atoms with Crippen molar-refractivity contribution >= 4 is 16.9 Å². The molecule has 2 heterocycles. The molecule has 0 saturated carbocycles. The van der Waals surface area contributed by atoms with Crippen LogP contribution in [0, 0.1) is 5.92 Å². The van der Waals surface area contributed by atoms with E-state index in [4.69, 9.17) is 5.73 Å². The molecule has 0 saturated heterocycles. The summed E-state index contributed by atoms with van der Waals surface area (Å²) in [5.74, 6) is 1.67. The molecular weight excluding hydrogens is 334 g/mol. The Morgan fingerprint density at radius 1 is 1.11 bits per heavy atom. The summed E-state index contributed by atoms with van der Waals surface area (Å²) in [4.78, 5) is 4.33. The third-order valence-corrected chi connectivity index (χ3v) is 5.70. The average Bonchev–Trinajstić information content (AvgIpc) is 3.07. The van der Waals surface area contributed by atoms with Gasteiger partial charge in [-0.15, -0.1) is 0 Å². The van der Waals surface area contributed by atoms with E-state index in [1.807, 2.05) is 12.1 Å². The first-order valence-electron chi connectivity index (χ1n) is 10.9. The number of hydrogen-bond acceptors (Lipinski definition) is 4. The van der Waals surface area contributed by atoms with Gasteiger partial charge >= 0.3 is 0 Å². The van der Waals surface area contributed by atoms with Crippen LogP contribution >= 0.6 is 0 Å². The number of aromatic nitrogens is 3. The van der Waals surface area contributed by atoms with Crippen LogP contribution in [0.2, 0.25) is 0 Å². The number of nitrogens with zero attached hydrogens (tertiary/aromatic N) is 2. The van der Waals surface area contributed by atoms with Crippen LogP contribution in [0.3, 0.4) is 0 Å². The molecule has 0 aliphatic heterocycles. The summed E-state index contributed by atoms with van der Waals surface area (Å²) in [7, 11) is 0. The molecule has 0 amide bonds. The predicted molar refractivity (Wildman–Crippen MR) is 116 cm³/mol. The number of nitrogens with one attached hydrogen (secondary N) is 2. The van der Waals surface area contributed by atoms with E-state index in [-0.39, 0.29) is 0 Å². The van der Waals surface area contributed by atoms with Crippen molar-refractivity contribution in [2.45, 2.75) is 97.1 Å². The van der Waals surface area contributed by atoms with E-state index in [9.17, 15) is 0 Å². The normalized spacial score (nSPS) is 15.0. The van der Waals surface area contributed by atoms with Crippen molar-refractivity contribution in [2.24, 2.45) is 11.7 Å². The molecule has 0 spiro atoms. The molecule has 27 heavy (non-hydrogen) atoms. The Balaban J connectivity index is 1.94. The second-order valence-electron chi connectivity index (χ2n) is 8.18. The summed E-state index contributed by atoms with van der Waals surface area (Å²) in [6.07, 6.45) is 15.0. The summed E-state index contributed by atoms with van der Waals surface area (Å²) in [6, 6.07) is 3.98. The molecule has 5 nitrogen and oxygen atoms in total. The maximum atomic E-state index is 6.85. The van der Waals surface area contributed by atoms with Crippen LogP contribution in [-0.4, -0.2) is 20.8 Å². The number of H-pyrrole nitrogens is 1. The number of hydrogen-bond donors (Lipinski definition) is 3. The van der Waals surface area contributed by atoms with Crippen LogP contribution in [0.25, 0.3) is 11.0 Å². The maximum absolute atomic E-state index is 6.85. The molecule has 0 aliphatic rings. The lowest BCUT2D eigenvalue weighted by atomic mass is 9.93. The first-order valence-corrected chi connectivity index (χ1v) is 10.9. The molecule has 2 atom stereocenters. The van der Waals surface area contributed by atoms with Crippen molar-refractivity contribution in [3.05, 3.63) is 18.3 Å². The molecule has 0 aliphatic carbocycles. The van der Waals surface area contributed by atoms with Gasteiger partial charge in [-0.2, -0.15) is 5.10 Å². The highest BCUT2D eigenvalue weighted by molar-refractivity contribution is 5.86. The van der Waals surface area contributed by atoms with Gasteiger partial charge in [-0.1, -0.05) is 65.7 Å². The number of nitrogens with two attached hydrogens (primary N) is 1. The van der Waals surface area contributed by atoms with Crippen molar-refractivity contribution in [1.82, 2.24) is 15.2 Å². The van der Waals surface area contributed by atoms with Crippen molar-refractivity contribution in [2.75, 3.05) is 5.32 Å². The molecule has 2 aromatic heterocycles. The molecule has 4 N–H and O–H groups in total. The Labute approximate surface area is 164 Å². The minimum Gasteiger partial charge on any atom is -0.350 e. The molecule has 0 aromatic carbocycles. The fourth-order valence-corrected chi connectivity index (χ4v) is 3.62. The summed E-state index contributed by atoms with van der Waals surface area (Å²) < 4.78 is 0. The van der Waals surface area contributed by atoms with Gasteiger partial charge in [0.1, 0.15) is 0 Å². The van der Waals surface area contributed by atoms with Crippen molar-refractivity contribution < 1.29 is 0 Å². The van der Waals surface area contributed by atoms with Crippen LogP contribution < -0.4 is 11.1 Å². The fraction of sp³-hybridized carbons (Fsp3) is 0.727. The third kappa shape index (κ3) is 7.13. The van der Waals surface area contributed by atoms with Gasteiger partial charge in [0.15, 0.2) is 11.5 Å². The van der Waals surface area contributed by atoms with Crippen LogP contribution in [0.15, 0.2) is 18.3 Å². The number of fused-ring (bicyclic) bond motifs is 1. The lowest BCUT2D eigenvalue weighted by molar-refractivity contribution is 0.371. The smallest absolute Gasteiger partial charge is 0.158 e. The third-order valence-electron chi connectivity index (χ3n) is 5.70. The number of pyridine rings is 1. The standard InChI is InChI=1S/C22H39N5/c1-4-6-7-10-15-22(23,16-11-8-9-13-18(3)5-2)25-21-19-14-12-17-24-20(19)26-27-21/h12,14,17-18H,4-11,13,15-16,23H2,1-3H3,(H2,24,25,26,27). The van der Waals surface area contributed by atoms with E-state index in [0.29, 0.717) is 0 Å². The number of rotatable bonds is 14. The fourth-order valence-electron chi connectivity index (χ4n) is 3.62. The van der Waals surface area contributed by atoms with E-state index in [0.717, 1.165) is 48.5 Å². The van der Waals surface area contributed by atoms with Crippen LogP contribution in [0.4, 0.5) is 5.82 Å². The number of aromatic amines is 1. The molecule has 152 valence electrons. The largest absolute Gasteiger partial charge is 0.350 e. The summed E-state index contributed by atoms with van der Waals surface area (Å²) in [5, 5.41) is 12.0. The Morgan fingerprint density at radius 2 is 1.85 bits per heavy atom. The highest BCUT2D eigenvalue weighted by atomic mass is 15.2. The van der Waals surface area contributed by atoms with Gasteiger partial charge < -0.3 is 11.1 Å². The molecule has 0 fully saturated rings. The lowest BCUT2D eigenvalue weighted by Crippen LogP contribution is -2.47. The lowest BCUT2D eigenvalue weighted by Gasteiger charge is -2.31. The van der Waals surface area contributed by atoms with Gasteiger partial charge in [-0.25, -0.2) is 4.98 Å². The SMILES string of the molecule is CCCCCCC(N)(CCCCCC(C)CC)Nc1n[nH]c2ncccc12. The van der Waals surface area contributed by atoms with E-state index < -0.39 is 5.66 Å². The van der Waals surface area contributed by atoms with Crippen molar-refractivity contribution in [1.29, 1.82) is 0 Å². The number of unbranched alkanes of at least 4 members (excludes halogenated alkanes) is 5. The van der Waals surface area contributed by atoms with E-state index >= 15 is 0 Å². The van der Waals surface area contributed by atoms with Crippen LogP contribution in [0.5, 0.6) is 0 Å². The van der Waals surface area contributed by atoms with Crippen molar-refractivity contribution in [3.8, 4) is 0 Å². The zero-order chi connectivity index (χ0) is 19.5. The van der Waals surface area contributed by atoms with Crippen LogP contribution in [-0.2, 0) is 0 Å². The monoisotopic (exact) mass is 373 g/mol. The highest BCUT2D eigenvalue weighted by Crippen LogP contribution is 2.26. The molecule has 0 radical (unpaired) electrons. The molecule has 2 aromatic rings. The van der Waals surface area contributed by atoms with E-state index in [2.05, 4.69) is 41.3 Å². The van der Waals surface area contributed by atoms with Crippen molar-refractivity contribution in [3.63, 3.8) is 0 Å². The molecule has 2 unspecified atom stereocenters. The quantitative estimate of drug-likeness (QED) is 0.280. The molecular formula is C22H39N5. The minimum atomic E-state index is -0.401. The Bertz CT molecular complexity index is 653. The summed E-state index contributed by atoms with van der Waals surface area (Å²) in [5.41, 5.74) is 7.25. The van der Waals surface area contributed by atoms with Gasteiger partial charge in [0, 0.05) is 6.20 Å².